The summed E-state index contributed by atoms with van der Waals surface area (Å²) in [5, 5.41) is 20.7. The van der Waals surface area contributed by atoms with E-state index in [0.29, 0.717) is 28.3 Å². The molecule has 0 amide bonds. The summed E-state index contributed by atoms with van der Waals surface area (Å²) in [5.74, 6) is 1.55. The average Bonchev–Trinajstić information content (AvgIpc) is 3.23. The maximum Gasteiger partial charge on any atom is 0.264 e. The minimum atomic E-state index is -0.188. The highest BCUT2D eigenvalue weighted by Crippen LogP contribution is 2.32. The van der Waals surface area contributed by atoms with Gasteiger partial charge in [-0.2, -0.15) is 4.98 Å². The van der Waals surface area contributed by atoms with E-state index < -0.39 is 0 Å². The zero-order chi connectivity index (χ0) is 21.9. The van der Waals surface area contributed by atoms with Crippen molar-refractivity contribution in [3.63, 3.8) is 0 Å². The number of nitrogens with one attached hydrogen (secondary N) is 4. The van der Waals surface area contributed by atoms with Crippen molar-refractivity contribution in [1.82, 2.24) is 20.3 Å². The van der Waals surface area contributed by atoms with E-state index in [2.05, 4.69) is 20.9 Å². The van der Waals surface area contributed by atoms with Crippen molar-refractivity contribution in [2.75, 3.05) is 30.3 Å². The fourth-order valence-corrected chi connectivity index (χ4v) is 5.61. The van der Waals surface area contributed by atoms with Crippen LogP contribution in [0.3, 0.4) is 0 Å². The number of aromatic amines is 1. The van der Waals surface area contributed by atoms with Gasteiger partial charge in [0.2, 0.25) is 5.95 Å². The second-order valence-electron chi connectivity index (χ2n) is 8.87. The second-order valence-corrected chi connectivity index (χ2v) is 9.90. The van der Waals surface area contributed by atoms with Gasteiger partial charge in [0, 0.05) is 19.1 Å². The lowest BCUT2D eigenvalue weighted by molar-refractivity contribution is 0.111. The van der Waals surface area contributed by atoms with Crippen molar-refractivity contribution in [2.24, 2.45) is 5.92 Å². The van der Waals surface area contributed by atoms with Crippen LogP contribution in [0.15, 0.2) is 29.1 Å². The molecule has 2 aromatic heterocycles. The molecule has 1 atom stereocenters. The lowest BCUT2D eigenvalue weighted by atomic mass is 9.87. The quantitative estimate of drug-likeness (QED) is 0.389. The Labute approximate surface area is 190 Å². The van der Waals surface area contributed by atoms with Gasteiger partial charge in [0.1, 0.15) is 16.4 Å². The molecule has 1 saturated heterocycles. The van der Waals surface area contributed by atoms with E-state index in [9.17, 15) is 9.90 Å². The van der Waals surface area contributed by atoms with E-state index in [1.807, 2.05) is 24.3 Å². The Kier molecular flexibility index (Phi) is 6.38. The summed E-state index contributed by atoms with van der Waals surface area (Å²) in [4.78, 5) is 25.6. The van der Waals surface area contributed by atoms with E-state index in [-0.39, 0.29) is 17.7 Å². The number of piperidine rings is 1. The van der Waals surface area contributed by atoms with Gasteiger partial charge >= 0.3 is 0 Å². The lowest BCUT2D eigenvalue weighted by Gasteiger charge is -2.26. The summed E-state index contributed by atoms with van der Waals surface area (Å²) < 4.78 is 1.05. The Bertz CT molecular complexity index is 1080. The Morgan fingerprint density at radius 2 is 1.97 bits per heavy atom. The molecule has 2 fully saturated rings. The monoisotopic (exact) mass is 454 g/mol. The molecule has 0 spiro atoms. The highest BCUT2D eigenvalue weighted by molar-refractivity contribution is 7.21. The molecule has 32 heavy (non-hydrogen) atoms. The molecular formula is C23H30N6O2S. The van der Waals surface area contributed by atoms with Crippen LogP contribution in [0, 0.1) is 5.92 Å². The first-order valence-electron chi connectivity index (χ1n) is 11.5. The van der Waals surface area contributed by atoms with Gasteiger partial charge in [-0.1, -0.05) is 12.1 Å². The minimum Gasteiger partial charge on any atom is -0.393 e. The summed E-state index contributed by atoms with van der Waals surface area (Å²) in [7, 11) is 0. The Morgan fingerprint density at radius 1 is 1.12 bits per heavy atom. The zero-order valence-electron chi connectivity index (χ0n) is 18.1. The summed E-state index contributed by atoms with van der Waals surface area (Å²) >= 11 is 1.51. The van der Waals surface area contributed by atoms with E-state index in [4.69, 9.17) is 9.97 Å². The van der Waals surface area contributed by atoms with Crippen molar-refractivity contribution in [1.29, 1.82) is 0 Å². The fraction of sp³-hybridized carbons (Fsp3) is 0.522. The Morgan fingerprint density at radius 3 is 2.75 bits per heavy atom. The normalized spacial score (nSPS) is 23.8. The van der Waals surface area contributed by atoms with Gasteiger partial charge in [-0.05, 0) is 63.1 Å². The maximum atomic E-state index is 13.2. The van der Waals surface area contributed by atoms with E-state index in [0.717, 1.165) is 68.4 Å². The highest BCUT2D eigenvalue weighted by Gasteiger charge is 2.23. The number of rotatable bonds is 6. The van der Waals surface area contributed by atoms with Crippen LogP contribution in [0.2, 0.25) is 0 Å². The van der Waals surface area contributed by atoms with Crippen molar-refractivity contribution < 1.29 is 5.11 Å². The molecule has 8 nitrogen and oxygen atoms in total. The number of nitrogens with zero attached hydrogens (tertiary/aromatic N) is 2. The number of H-pyrrole nitrogens is 1. The number of aromatic nitrogens is 3. The van der Waals surface area contributed by atoms with Gasteiger partial charge in [0.25, 0.3) is 5.56 Å². The molecule has 1 aliphatic heterocycles. The van der Waals surface area contributed by atoms with Crippen LogP contribution in [0.25, 0.3) is 20.8 Å². The SMILES string of the molecule is O=c1[nH]c(NCC2CCC(O)CC2)nc(N[C@@H]2CCCNC2)c1-c1nc2ccccc2s1. The lowest BCUT2D eigenvalue weighted by Crippen LogP contribution is -2.39. The molecule has 2 aliphatic rings. The molecule has 0 unspecified atom stereocenters. The number of para-hydroxylation sites is 1. The van der Waals surface area contributed by atoms with Gasteiger partial charge < -0.3 is 21.1 Å². The number of hydrogen-bond donors (Lipinski definition) is 5. The predicted molar refractivity (Wildman–Crippen MR) is 129 cm³/mol. The first-order valence-corrected chi connectivity index (χ1v) is 12.4. The Balaban J connectivity index is 1.44. The molecular weight excluding hydrogens is 424 g/mol. The molecule has 0 bridgehead atoms. The number of hydrogen-bond acceptors (Lipinski definition) is 8. The molecule has 9 heteroatoms. The first-order chi connectivity index (χ1) is 15.7. The summed E-state index contributed by atoms with van der Waals surface area (Å²) in [5.41, 5.74) is 1.20. The number of aliphatic hydroxyl groups is 1. The summed E-state index contributed by atoms with van der Waals surface area (Å²) in [6.45, 7) is 2.61. The van der Waals surface area contributed by atoms with Crippen LogP contribution in [-0.4, -0.2) is 51.8 Å². The molecule has 1 saturated carbocycles. The topological polar surface area (TPSA) is 115 Å². The van der Waals surface area contributed by atoms with Crippen LogP contribution in [-0.2, 0) is 0 Å². The third-order valence-electron chi connectivity index (χ3n) is 6.44. The molecule has 5 N–H and O–H groups in total. The Hall–Kier alpha value is -2.49. The van der Waals surface area contributed by atoms with Crippen LogP contribution in [0.1, 0.15) is 38.5 Å². The predicted octanol–water partition coefficient (Wildman–Crippen LogP) is 3.17. The number of anilines is 2. The van der Waals surface area contributed by atoms with Crippen LogP contribution in [0.5, 0.6) is 0 Å². The van der Waals surface area contributed by atoms with Crippen LogP contribution in [0.4, 0.5) is 11.8 Å². The number of thiazole rings is 1. The maximum absolute atomic E-state index is 13.2. The summed E-state index contributed by atoms with van der Waals surface area (Å²) in [6, 6.07) is 8.15. The van der Waals surface area contributed by atoms with Crippen LogP contribution >= 0.6 is 11.3 Å². The van der Waals surface area contributed by atoms with Gasteiger partial charge in [0.05, 0.1) is 16.3 Å². The molecule has 3 heterocycles. The standard InChI is InChI=1S/C23H30N6O2S/c30-16-9-7-14(8-10-16)12-25-23-28-20(26-15-4-3-11-24-13-15)19(21(31)29-23)22-27-17-5-1-2-6-18(17)32-22/h1-2,5-6,14-16,24,30H,3-4,7-13H2,(H3,25,26,28,29,31)/t14?,15-,16?/m1/s1. The minimum absolute atomic E-state index is 0.169. The molecule has 1 aliphatic carbocycles. The largest absolute Gasteiger partial charge is 0.393 e. The van der Waals surface area contributed by atoms with Crippen LogP contribution < -0.4 is 21.5 Å². The second kappa shape index (κ2) is 9.56. The van der Waals surface area contributed by atoms with Gasteiger partial charge in [-0.15, -0.1) is 11.3 Å². The fourth-order valence-electron chi connectivity index (χ4n) is 4.60. The molecule has 170 valence electrons. The van der Waals surface area contributed by atoms with Gasteiger partial charge in [0.15, 0.2) is 0 Å². The third-order valence-corrected chi connectivity index (χ3v) is 7.49. The average molecular weight is 455 g/mol. The first kappa shape index (κ1) is 21.4. The number of fused-ring (bicyclic) bond motifs is 1. The third kappa shape index (κ3) is 4.79. The van der Waals surface area contributed by atoms with E-state index in [1.165, 1.54) is 11.3 Å². The molecule has 3 aromatic rings. The molecule has 5 rings (SSSR count). The smallest absolute Gasteiger partial charge is 0.264 e. The van der Waals surface area contributed by atoms with E-state index in [1.54, 1.807) is 0 Å². The van der Waals surface area contributed by atoms with Crippen molar-refractivity contribution >= 4 is 33.3 Å². The van der Waals surface area contributed by atoms with Gasteiger partial charge in [-0.25, -0.2) is 4.98 Å². The molecule has 1 aromatic carbocycles. The van der Waals surface area contributed by atoms with E-state index >= 15 is 0 Å². The number of aliphatic hydroxyl groups excluding tert-OH is 1. The van der Waals surface area contributed by atoms with Crippen molar-refractivity contribution in [3.05, 3.63) is 34.6 Å². The van der Waals surface area contributed by atoms with Crippen molar-refractivity contribution in [2.45, 2.75) is 50.7 Å². The number of benzene rings is 1. The van der Waals surface area contributed by atoms with Gasteiger partial charge in [-0.3, -0.25) is 9.78 Å². The highest BCUT2D eigenvalue weighted by atomic mass is 32.1. The molecule has 0 radical (unpaired) electrons. The zero-order valence-corrected chi connectivity index (χ0v) is 18.9. The summed E-state index contributed by atoms with van der Waals surface area (Å²) in [6.07, 6.45) is 5.62. The van der Waals surface area contributed by atoms with Crippen molar-refractivity contribution in [3.8, 4) is 10.6 Å².